The van der Waals surface area contributed by atoms with Crippen LogP contribution in [0.3, 0.4) is 0 Å². The van der Waals surface area contributed by atoms with Crippen LogP contribution in [0.5, 0.6) is 0 Å². The molecule has 0 bridgehead atoms. The molecular formula is C18H17N5O4S3. The highest BCUT2D eigenvalue weighted by Crippen LogP contribution is 2.47. The van der Waals surface area contributed by atoms with Gasteiger partial charge in [0.15, 0.2) is 0 Å². The first kappa shape index (κ1) is 20.8. The van der Waals surface area contributed by atoms with Crippen LogP contribution in [-0.2, 0) is 20.8 Å². The molecule has 2 aromatic rings. The van der Waals surface area contributed by atoms with Crippen LogP contribution in [0.25, 0.3) is 0 Å². The Bertz CT molecular complexity index is 983. The number of amides is 2. The third kappa shape index (κ3) is 4.50. The third-order valence-corrected chi connectivity index (χ3v) is 8.07. The van der Waals surface area contributed by atoms with E-state index in [-0.39, 0.29) is 35.7 Å². The van der Waals surface area contributed by atoms with Crippen molar-refractivity contribution in [1.29, 1.82) is 0 Å². The van der Waals surface area contributed by atoms with Gasteiger partial charge in [-0.3, -0.25) is 14.5 Å². The van der Waals surface area contributed by atoms with E-state index in [9.17, 15) is 19.5 Å². The second-order valence-corrected chi connectivity index (χ2v) is 10.1. The number of nitrogens with zero attached hydrogens (tertiary/aromatic N) is 3. The largest absolute Gasteiger partial charge is 0.477 e. The molecule has 2 aliphatic rings. The van der Waals surface area contributed by atoms with Gasteiger partial charge in [-0.05, 0) is 5.56 Å². The zero-order valence-electron chi connectivity index (χ0n) is 15.5. The number of fused-ring (bicyclic) bond motifs is 1. The van der Waals surface area contributed by atoms with Crippen molar-refractivity contribution in [3.05, 3.63) is 52.7 Å². The minimum Gasteiger partial charge on any atom is -0.477 e. The lowest BCUT2D eigenvalue weighted by Crippen LogP contribution is -2.57. The highest BCUT2D eigenvalue weighted by molar-refractivity contribution is 8.18. The molecule has 2 amide bonds. The average molecular weight is 464 g/mol. The first-order valence-corrected chi connectivity index (χ1v) is 11.8. The number of aromatic nitrogens is 3. The summed E-state index contributed by atoms with van der Waals surface area (Å²) in [6, 6.07) is 9.33. The summed E-state index contributed by atoms with van der Waals surface area (Å²) in [6.07, 6.45) is 2.03. The van der Waals surface area contributed by atoms with Gasteiger partial charge in [0.2, 0.25) is 11.8 Å². The SMILES string of the molecule is O=C(Cc1ccccc1)NC1S[C@@H]2CC(=O)N2C(C(=O)O)=C1SCSc1cn[nH]n1. The Morgan fingerprint density at radius 3 is 2.77 bits per heavy atom. The van der Waals surface area contributed by atoms with E-state index in [1.165, 1.54) is 40.2 Å². The summed E-state index contributed by atoms with van der Waals surface area (Å²) in [5.74, 6) is -1.60. The number of thioether (sulfide) groups is 3. The Morgan fingerprint density at radius 2 is 2.10 bits per heavy atom. The molecule has 1 unspecified atom stereocenters. The highest BCUT2D eigenvalue weighted by atomic mass is 32.2. The Labute approximate surface area is 184 Å². The maximum atomic E-state index is 12.6. The third-order valence-electron chi connectivity index (χ3n) is 4.43. The van der Waals surface area contributed by atoms with E-state index in [0.29, 0.717) is 15.0 Å². The number of hydrogen-bond donors (Lipinski definition) is 3. The molecule has 2 atom stereocenters. The maximum Gasteiger partial charge on any atom is 0.353 e. The Hall–Kier alpha value is -2.44. The van der Waals surface area contributed by atoms with Gasteiger partial charge in [-0.2, -0.15) is 10.3 Å². The standard InChI is InChI=1S/C18H17N5O4S3/c24-11(6-10-4-2-1-3-5-10)20-17-16(29-9-28-12-8-19-22-21-12)15(18(26)27)23-13(25)7-14(23)30-17/h1-5,8,14,17H,6-7,9H2,(H,20,24)(H,26,27)(H,19,21,22)/t14-,17?/m1/s1. The molecule has 3 N–H and O–H groups in total. The van der Waals surface area contributed by atoms with Crippen LogP contribution in [0.1, 0.15) is 12.0 Å². The van der Waals surface area contributed by atoms with Crippen molar-refractivity contribution in [1.82, 2.24) is 25.6 Å². The van der Waals surface area contributed by atoms with Crippen LogP contribution < -0.4 is 5.32 Å². The van der Waals surface area contributed by atoms with Gasteiger partial charge in [-0.1, -0.05) is 42.1 Å². The van der Waals surface area contributed by atoms with Crippen LogP contribution in [-0.4, -0.2) is 59.0 Å². The molecule has 0 spiro atoms. The second kappa shape index (κ2) is 9.14. The Kier molecular flexibility index (Phi) is 6.35. The molecule has 1 aromatic heterocycles. The lowest BCUT2D eigenvalue weighted by Gasteiger charge is -2.46. The fraction of sp³-hybridized carbons (Fsp3) is 0.278. The number of rotatable bonds is 8. The van der Waals surface area contributed by atoms with E-state index >= 15 is 0 Å². The molecule has 0 radical (unpaired) electrons. The zero-order chi connectivity index (χ0) is 21.1. The van der Waals surface area contributed by atoms with Gasteiger partial charge >= 0.3 is 5.97 Å². The summed E-state index contributed by atoms with van der Waals surface area (Å²) >= 11 is 4.05. The number of carboxylic acid groups (broad SMARTS) is 1. The van der Waals surface area contributed by atoms with Crippen molar-refractivity contribution in [2.24, 2.45) is 0 Å². The van der Waals surface area contributed by atoms with Gasteiger partial charge in [0.1, 0.15) is 16.1 Å². The predicted molar refractivity (Wildman–Crippen MR) is 114 cm³/mol. The Balaban J connectivity index is 1.53. The molecule has 156 valence electrons. The number of benzene rings is 1. The summed E-state index contributed by atoms with van der Waals surface area (Å²) in [6.45, 7) is 0. The average Bonchev–Trinajstić information content (AvgIpc) is 3.22. The van der Waals surface area contributed by atoms with E-state index in [1.54, 1.807) is 6.20 Å². The predicted octanol–water partition coefficient (Wildman–Crippen LogP) is 1.87. The number of β-lactam (4-membered cyclic amide) rings is 1. The molecule has 1 aromatic carbocycles. The summed E-state index contributed by atoms with van der Waals surface area (Å²) < 4.78 is 0. The van der Waals surface area contributed by atoms with Gasteiger partial charge in [-0.25, -0.2) is 4.79 Å². The number of aliphatic carboxylic acids is 1. The van der Waals surface area contributed by atoms with Crippen LogP contribution in [0.2, 0.25) is 0 Å². The van der Waals surface area contributed by atoms with Crippen molar-refractivity contribution >= 4 is 53.1 Å². The van der Waals surface area contributed by atoms with E-state index < -0.39 is 11.3 Å². The van der Waals surface area contributed by atoms with Gasteiger partial charge in [0, 0.05) is 4.91 Å². The van der Waals surface area contributed by atoms with E-state index in [4.69, 9.17) is 0 Å². The van der Waals surface area contributed by atoms with Gasteiger partial charge in [0.25, 0.3) is 0 Å². The molecule has 12 heteroatoms. The lowest BCUT2D eigenvalue weighted by molar-refractivity contribution is -0.146. The molecule has 30 heavy (non-hydrogen) atoms. The molecule has 2 aliphatic heterocycles. The molecule has 3 heterocycles. The summed E-state index contributed by atoms with van der Waals surface area (Å²) in [7, 11) is 0. The first-order valence-electron chi connectivity index (χ1n) is 8.92. The van der Waals surface area contributed by atoms with Crippen molar-refractivity contribution in [2.75, 3.05) is 5.08 Å². The smallest absolute Gasteiger partial charge is 0.353 e. The van der Waals surface area contributed by atoms with Crippen molar-refractivity contribution in [2.45, 2.75) is 28.6 Å². The maximum absolute atomic E-state index is 12.6. The fourth-order valence-corrected chi connectivity index (χ4v) is 6.77. The molecule has 0 aliphatic carbocycles. The minimum absolute atomic E-state index is 0.0502. The number of carboxylic acids is 1. The normalized spacial score (nSPS) is 20.5. The van der Waals surface area contributed by atoms with Crippen LogP contribution in [0, 0.1) is 0 Å². The first-order chi connectivity index (χ1) is 14.5. The number of hydrogen-bond acceptors (Lipinski definition) is 8. The van der Waals surface area contributed by atoms with Crippen LogP contribution in [0.4, 0.5) is 0 Å². The van der Waals surface area contributed by atoms with E-state index in [0.717, 1.165) is 5.56 Å². The molecule has 0 saturated carbocycles. The monoisotopic (exact) mass is 463 g/mol. The summed E-state index contributed by atoms with van der Waals surface area (Å²) in [4.78, 5) is 38.4. The lowest BCUT2D eigenvalue weighted by atomic mass is 10.1. The number of aromatic amines is 1. The molecule has 1 fully saturated rings. The van der Waals surface area contributed by atoms with Crippen molar-refractivity contribution in [3.8, 4) is 0 Å². The highest BCUT2D eigenvalue weighted by Gasteiger charge is 2.49. The van der Waals surface area contributed by atoms with Crippen LogP contribution in [0.15, 0.2) is 52.2 Å². The number of H-pyrrole nitrogens is 1. The molecule has 4 rings (SSSR count). The van der Waals surface area contributed by atoms with Gasteiger partial charge in [-0.15, -0.1) is 28.6 Å². The Morgan fingerprint density at radius 1 is 1.30 bits per heavy atom. The van der Waals surface area contributed by atoms with Crippen LogP contribution >= 0.6 is 35.3 Å². The van der Waals surface area contributed by atoms with E-state index in [2.05, 4.69) is 20.7 Å². The number of nitrogens with one attached hydrogen (secondary N) is 2. The van der Waals surface area contributed by atoms with Gasteiger partial charge in [0.05, 0.1) is 29.5 Å². The fourth-order valence-electron chi connectivity index (χ4n) is 3.07. The second-order valence-electron chi connectivity index (χ2n) is 6.40. The van der Waals surface area contributed by atoms with Crippen molar-refractivity contribution < 1.29 is 19.5 Å². The van der Waals surface area contributed by atoms with Crippen molar-refractivity contribution in [3.63, 3.8) is 0 Å². The topological polar surface area (TPSA) is 128 Å². The molecule has 9 nitrogen and oxygen atoms in total. The molecule has 1 saturated heterocycles. The van der Waals surface area contributed by atoms with E-state index in [1.807, 2.05) is 30.3 Å². The quantitative estimate of drug-likeness (QED) is 0.305. The molecular weight excluding hydrogens is 446 g/mol. The van der Waals surface area contributed by atoms with Gasteiger partial charge < -0.3 is 10.4 Å². The summed E-state index contributed by atoms with van der Waals surface area (Å²) in [5.41, 5.74) is 0.820. The zero-order valence-corrected chi connectivity index (χ0v) is 17.9. The summed E-state index contributed by atoms with van der Waals surface area (Å²) in [5, 5.41) is 23.3. The number of carbonyl (C=O) groups excluding carboxylic acids is 2. The minimum atomic E-state index is -1.18. The number of carbonyl (C=O) groups is 3.